The Balaban J connectivity index is 1.92. The van der Waals surface area contributed by atoms with Crippen molar-refractivity contribution in [1.29, 1.82) is 0 Å². The molecule has 1 N–H and O–H groups in total. The van der Waals surface area contributed by atoms with Crippen molar-refractivity contribution < 1.29 is 19.1 Å². The average molecular weight is 420 g/mol. The fraction of sp³-hybridized carbons (Fsp3) is 0.565. The molecule has 1 fully saturated rings. The number of rotatable bonds is 8. The summed E-state index contributed by atoms with van der Waals surface area (Å²) in [6.07, 6.45) is 2.76. The van der Waals surface area contributed by atoms with E-state index in [1.54, 1.807) is 18.7 Å². The number of alkyl carbamates (subject to hydrolysis) is 1. The zero-order valence-corrected chi connectivity index (χ0v) is 18.7. The van der Waals surface area contributed by atoms with Gasteiger partial charge in [-0.15, -0.1) is 0 Å². The number of esters is 1. The first-order valence-corrected chi connectivity index (χ1v) is 11.4. The summed E-state index contributed by atoms with van der Waals surface area (Å²) in [6.45, 7) is 8.81. The summed E-state index contributed by atoms with van der Waals surface area (Å²) in [5.41, 5.74) is 3.81. The van der Waals surface area contributed by atoms with Crippen molar-refractivity contribution in [2.75, 3.05) is 12.4 Å². The average Bonchev–Trinajstić information content (AvgIpc) is 2.71. The fourth-order valence-electron chi connectivity index (χ4n) is 3.35. The lowest BCUT2D eigenvalue weighted by Crippen LogP contribution is -2.44. The number of thioether (sulfide) groups is 1. The maximum Gasteiger partial charge on any atom is 0.408 e. The van der Waals surface area contributed by atoms with E-state index in [0.29, 0.717) is 16.9 Å². The van der Waals surface area contributed by atoms with Crippen LogP contribution in [0.4, 0.5) is 4.79 Å². The van der Waals surface area contributed by atoms with Crippen LogP contribution in [-0.4, -0.2) is 35.7 Å². The lowest BCUT2D eigenvalue weighted by Gasteiger charge is -2.32. The minimum absolute atomic E-state index is 0.166. The molecule has 0 spiro atoms. The van der Waals surface area contributed by atoms with Gasteiger partial charge in [-0.05, 0) is 51.5 Å². The van der Waals surface area contributed by atoms with Crippen LogP contribution in [0.5, 0.6) is 0 Å². The molecule has 29 heavy (non-hydrogen) atoms. The van der Waals surface area contributed by atoms with E-state index in [0.717, 1.165) is 24.8 Å². The standard InChI is InChI=1S/C23H33NO4S/c1-5-27-22(25)20(24-23(26)28-14-18-9-7-6-8-10-18)15-29-21-13-19(16(2)3)12-11-17(21)4/h6-10,17,20-21H,5,11-15H2,1-4H3,(H,24,26)/t17?,20-,21?/m0/s1. The van der Waals surface area contributed by atoms with Crippen LogP contribution >= 0.6 is 11.8 Å². The van der Waals surface area contributed by atoms with Crippen molar-refractivity contribution in [3.8, 4) is 0 Å². The molecular formula is C23H33NO4S. The number of carbonyl (C=O) groups excluding carboxylic acids is 2. The van der Waals surface area contributed by atoms with Crippen LogP contribution in [0.25, 0.3) is 0 Å². The Kier molecular flexibility index (Phi) is 9.58. The zero-order chi connectivity index (χ0) is 21.2. The molecule has 0 aromatic heterocycles. The van der Waals surface area contributed by atoms with Crippen LogP contribution in [0.2, 0.25) is 0 Å². The van der Waals surface area contributed by atoms with Crippen molar-refractivity contribution >= 4 is 23.8 Å². The molecule has 1 aromatic carbocycles. The number of ether oxygens (including phenoxy) is 2. The molecule has 3 atom stereocenters. The quantitative estimate of drug-likeness (QED) is 0.469. The van der Waals surface area contributed by atoms with E-state index in [4.69, 9.17) is 9.47 Å². The van der Waals surface area contributed by atoms with E-state index < -0.39 is 18.1 Å². The maximum absolute atomic E-state index is 12.4. The van der Waals surface area contributed by atoms with Crippen LogP contribution < -0.4 is 5.32 Å². The van der Waals surface area contributed by atoms with E-state index >= 15 is 0 Å². The Labute approximate surface area is 178 Å². The molecule has 160 valence electrons. The van der Waals surface area contributed by atoms with Crippen LogP contribution in [0.15, 0.2) is 41.5 Å². The number of hydrogen-bond acceptors (Lipinski definition) is 5. The third kappa shape index (κ3) is 7.77. The molecular weight excluding hydrogens is 386 g/mol. The number of nitrogens with one attached hydrogen (secondary N) is 1. The van der Waals surface area contributed by atoms with Gasteiger partial charge in [-0.1, -0.05) is 48.4 Å². The highest BCUT2D eigenvalue weighted by Crippen LogP contribution is 2.37. The van der Waals surface area contributed by atoms with Gasteiger partial charge >= 0.3 is 12.1 Å². The highest BCUT2D eigenvalue weighted by atomic mass is 32.2. The molecule has 5 nitrogen and oxygen atoms in total. The summed E-state index contributed by atoms with van der Waals surface area (Å²) in [5.74, 6) is 0.642. The van der Waals surface area contributed by atoms with Gasteiger partial charge in [0.1, 0.15) is 12.6 Å². The predicted molar refractivity (Wildman–Crippen MR) is 118 cm³/mol. The SMILES string of the molecule is CCOC(=O)[C@H](CSC1CC(=C(C)C)CCC1C)NC(=O)OCc1ccccc1. The third-order valence-electron chi connectivity index (χ3n) is 5.24. The van der Waals surface area contributed by atoms with Gasteiger partial charge in [-0.3, -0.25) is 0 Å². The van der Waals surface area contributed by atoms with Gasteiger partial charge in [0.15, 0.2) is 0 Å². The third-order valence-corrected chi connectivity index (χ3v) is 6.83. The maximum atomic E-state index is 12.4. The molecule has 0 bridgehead atoms. The Morgan fingerprint density at radius 2 is 1.93 bits per heavy atom. The molecule has 1 saturated carbocycles. The van der Waals surface area contributed by atoms with Crippen molar-refractivity contribution in [1.82, 2.24) is 5.32 Å². The molecule has 1 aromatic rings. The van der Waals surface area contributed by atoms with Gasteiger partial charge in [-0.2, -0.15) is 11.8 Å². The first kappa shape index (κ1) is 23.3. The highest BCUT2D eigenvalue weighted by Gasteiger charge is 2.29. The number of carbonyl (C=O) groups is 2. The Hall–Kier alpha value is -1.95. The van der Waals surface area contributed by atoms with E-state index in [1.165, 1.54) is 11.1 Å². The van der Waals surface area contributed by atoms with Gasteiger partial charge in [0.25, 0.3) is 0 Å². The molecule has 0 radical (unpaired) electrons. The molecule has 1 amide bonds. The summed E-state index contributed by atoms with van der Waals surface area (Å²) in [7, 11) is 0. The first-order chi connectivity index (χ1) is 13.9. The summed E-state index contributed by atoms with van der Waals surface area (Å²) < 4.78 is 10.4. The van der Waals surface area contributed by atoms with Crippen molar-refractivity contribution in [2.45, 2.75) is 64.9 Å². The molecule has 6 heteroatoms. The minimum atomic E-state index is -0.715. The second-order valence-electron chi connectivity index (χ2n) is 7.71. The van der Waals surface area contributed by atoms with Gasteiger partial charge in [0, 0.05) is 11.0 Å². The van der Waals surface area contributed by atoms with Crippen LogP contribution in [-0.2, 0) is 20.9 Å². The Bertz CT molecular complexity index is 700. The smallest absolute Gasteiger partial charge is 0.408 e. The lowest BCUT2D eigenvalue weighted by atomic mass is 9.85. The van der Waals surface area contributed by atoms with Crippen LogP contribution in [0, 0.1) is 5.92 Å². The van der Waals surface area contributed by atoms with Crippen molar-refractivity contribution in [2.24, 2.45) is 5.92 Å². The number of amides is 1. The summed E-state index contributed by atoms with van der Waals surface area (Å²) in [6, 6.07) is 8.74. The number of allylic oxidation sites excluding steroid dienone is 2. The van der Waals surface area contributed by atoms with Crippen molar-refractivity contribution in [3.05, 3.63) is 47.0 Å². The van der Waals surface area contributed by atoms with Crippen molar-refractivity contribution in [3.63, 3.8) is 0 Å². The second kappa shape index (κ2) is 11.9. The molecule has 2 rings (SSSR count). The predicted octanol–water partition coefficient (Wildman–Crippen LogP) is 5.10. The van der Waals surface area contributed by atoms with E-state index in [1.807, 2.05) is 30.3 Å². The molecule has 0 aliphatic heterocycles. The number of hydrogen-bond donors (Lipinski definition) is 1. The van der Waals surface area contributed by atoms with Gasteiger partial charge in [0.05, 0.1) is 6.61 Å². The van der Waals surface area contributed by atoms with E-state index in [9.17, 15) is 9.59 Å². The molecule has 1 aliphatic rings. The van der Waals surface area contributed by atoms with Gasteiger partial charge in [0.2, 0.25) is 0 Å². The monoisotopic (exact) mass is 419 g/mol. The molecule has 1 aliphatic carbocycles. The Morgan fingerprint density at radius 3 is 2.59 bits per heavy atom. The minimum Gasteiger partial charge on any atom is -0.464 e. The largest absolute Gasteiger partial charge is 0.464 e. The molecule has 2 unspecified atom stereocenters. The van der Waals surface area contributed by atoms with Gasteiger partial charge < -0.3 is 14.8 Å². The molecule has 0 saturated heterocycles. The topological polar surface area (TPSA) is 64.6 Å². The summed E-state index contributed by atoms with van der Waals surface area (Å²) in [4.78, 5) is 24.6. The number of benzene rings is 1. The molecule has 0 heterocycles. The van der Waals surface area contributed by atoms with Crippen LogP contribution in [0.3, 0.4) is 0 Å². The first-order valence-electron chi connectivity index (χ1n) is 10.3. The summed E-state index contributed by atoms with van der Waals surface area (Å²) >= 11 is 1.74. The normalized spacial score (nSPS) is 19.9. The van der Waals surface area contributed by atoms with Gasteiger partial charge in [-0.25, -0.2) is 9.59 Å². The fourth-order valence-corrected chi connectivity index (χ4v) is 4.79. The second-order valence-corrected chi connectivity index (χ2v) is 8.98. The Morgan fingerprint density at radius 1 is 1.21 bits per heavy atom. The summed E-state index contributed by atoms with van der Waals surface area (Å²) in [5, 5.41) is 3.13. The van der Waals surface area contributed by atoms with E-state index in [-0.39, 0.29) is 13.2 Å². The zero-order valence-electron chi connectivity index (χ0n) is 17.9. The van der Waals surface area contributed by atoms with E-state index in [2.05, 4.69) is 26.1 Å². The highest BCUT2D eigenvalue weighted by molar-refractivity contribution is 8.00. The lowest BCUT2D eigenvalue weighted by molar-refractivity contribution is -0.144. The van der Waals surface area contributed by atoms with Crippen LogP contribution in [0.1, 0.15) is 52.5 Å².